The van der Waals surface area contributed by atoms with Crippen LogP contribution in [-0.4, -0.2) is 11.0 Å². The van der Waals surface area contributed by atoms with E-state index in [1.807, 2.05) is 19.2 Å². The van der Waals surface area contributed by atoms with E-state index in [0.717, 1.165) is 23.0 Å². The van der Waals surface area contributed by atoms with E-state index in [0.29, 0.717) is 6.04 Å². The molecule has 1 fully saturated rings. The molecule has 1 aromatic rings. The van der Waals surface area contributed by atoms with Gasteiger partial charge in [0.2, 0.25) is 0 Å². The number of nitrogens with zero attached hydrogens (tertiary/aromatic N) is 1. The van der Waals surface area contributed by atoms with Crippen molar-refractivity contribution in [2.75, 3.05) is 11.1 Å². The highest BCUT2D eigenvalue weighted by molar-refractivity contribution is 5.53. The Hall–Kier alpha value is -1.25. The predicted octanol–water partition coefficient (Wildman–Crippen LogP) is 2.96. The summed E-state index contributed by atoms with van der Waals surface area (Å²) in [5.74, 6) is 1.75. The highest BCUT2D eigenvalue weighted by Gasteiger charge is 2.18. The number of aromatic nitrogens is 1. The molecule has 0 radical (unpaired) electrons. The van der Waals surface area contributed by atoms with Gasteiger partial charge in [-0.3, -0.25) is 0 Å². The first kappa shape index (κ1) is 11.2. The molecule has 88 valence electrons. The third kappa shape index (κ3) is 2.65. The maximum Gasteiger partial charge on any atom is 0.128 e. The van der Waals surface area contributed by atoms with Crippen LogP contribution in [-0.2, 0) is 0 Å². The standard InChI is InChI=1S/C13H21N3/c1-9-4-3-5-11(6-9)16-13-7-12(14)10(2)8-15-13/h7-9,11H,3-6H2,1-2H3,(H3,14,15,16). The van der Waals surface area contributed by atoms with Gasteiger partial charge < -0.3 is 11.1 Å². The van der Waals surface area contributed by atoms with E-state index >= 15 is 0 Å². The van der Waals surface area contributed by atoms with Crippen LogP contribution in [0.1, 0.15) is 38.2 Å². The van der Waals surface area contributed by atoms with Crippen LogP contribution in [0.2, 0.25) is 0 Å². The van der Waals surface area contributed by atoms with Crippen molar-refractivity contribution in [2.45, 2.75) is 45.6 Å². The van der Waals surface area contributed by atoms with Gasteiger partial charge in [-0.25, -0.2) is 4.98 Å². The van der Waals surface area contributed by atoms with E-state index in [1.54, 1.807) is 0 Å². The van der Waals surface area contributed by atoms with Crippen LogP contribution < -0.4 is 11.1 Å². The van der Waals surface area contributed by atoms with Gasteiger partial charge in [-0.2, -0.15) is 0 Å². The SMILES string of the molecule is Cc1cnc(NC2CCCC(C)C2)cc1N. The highest BCUT2D eigenvalue weighted by Crippen LogP contribution is 2.26. The Labute approximate surface area is 97.5 Å². The van der Waals surface area contributed by atoms with Crippen LogP contribution in [0.25, 0.3) is 0 Å². The highest BCUT2D eigenvalue weighted by atomic mass is 15.0. The molecular formula is C13H21N3. The Bertz CT molecular complexity index is 362. The molecule has 0 saturated heterocycles. The minimum Gasteiger partial charge on any atom is -0.398 e. The minimum atomic E-state index is 0.568. The Kier molecular flexibility index (Phi) is 3.32. The molecule has 1 saturated carbocycles. The van der Waals surface area contributed by atoms with E-state index in [9.17, 15) is 0 Å². The number of aryl methyl sites for hydroxylation is 1. The molecule has 1 aromatic heterocycles. The van der Waals surface area contributed by atoms with Crippen molar-refractivity contribution in [1.29, 1.82) is 0 Å². The lowest BCUT2D eigenvalue weighted by atomic mass is 9.87. The molecule has 0 aromatic carbocycles. The van der Waals surface area contributed by atoms with Crippen molar-refractivity contribution in [2.24, 2.45) is 5.92 Å². The zero-order valence-corrected chi connectivity index (χ0v) is 10.2. The smallest absolute Gasteiger partial charge is 0.128 e. The van der Waals surface area contributed by atoms with Crippen LogP contribution in [0.5, 0.6) is 0 Å². The van der Waals surface area contributed by atoms with Crippen molar-refractivity contribution in [3.05, 3.63) is 17.8 Å². The van der Waals surface area contributed by atoms with Crippen LogP contribution in [0.15, 0.2) is 12.3 Å². The maximum absolute atomic E-state index is 5.87. The van der Waals surface area contributed by atoms with Gasteiger partial charge in [0.15, 0.2) is 0 Å². The molecular weight excluding hydrogens is 198 g/mol. The second kappa shape index (κ2) is 4.73. The topological polar surface area (TPSA) is 50.9 Å². The van der Waals surface area contributed by atoms with Gasteiger partial charge >= 0.3 is 0 Å². The second-order valence-electron chi connectivity index (χ2n) is 5.04. The van der Waals surface area contributed by atoms with Gasteiger partial charge in [0.25, 0.3) is 0 Å². The number of anilines is 2. The molecule has 3 N–H and O–H groups in total. The molecule has 2 rings (SSSR count). The summed E-state index contributed by atoms with van der Waals surface area (Å²) in [6, 6.07) is 2.51. The largest absolute Gasteiger partial charge is 0.398 e. The van der Waals surface area contributed by atoms with E-state index in [1.165, 1.54) is 25.7 Å². The molecule has 1 heterocycles. The van der Waals surface area contributed by atoms with Crippen molar-refractivity contribution < 1.29 is 0 Å². The number of pyridine rings is 1. The van der Waals surface area contributed by atoms with Crippen molar-refractivity contribution in [1.82, 2.24) is 4.98 Å². The summed E-state index contributed by atoms with van der Waals surface area (Å²) in [5.41, 5.74) is 7.74. The zero-order valence-electron chi connectivity index (χ0n) is 10.2. The lowest BCUT2D eigenvalue weighted by molar-refractivity contribution is 0.358. The lowest BCUT2D eigenvalue weighted by Crippen LogP contribution is -2.26. The van der Waals surface area contributed by atoms with Gasteiger partial charge in [0.05, 0.1) is 0 Å². The summed E-state index contributed by atoms with van der Waals surface area (Å²) in [5, 5.41) is 3.49. The van der Waals surface area contributed by atoms with Crippen molar-refractivity contribution >= 4 is 11.5 Å². The first-order valence-electron chi connectivity index (χ1n) is 6.14. The molecule has 0 aliphatic heterocycles. The molecule has 1 aliphatic rings. The maximum atomic E-state index is 5.87. The van der Waals surface area contributed by atoms with E-state index in [4.69, 9.17) is 5.73 Å². The van der Waals surface area contributed by atoms with Crippen molar-refractivity contribution in [3.63, 3.8) is 0 Å². The van der Waals surface area contributed by atoms with Gasteiger partial charge in [0, 0.05) is 24.0 Å². The molecule has 2 unspecified atom stereocenters. The number of hydrogen-bond donors (Lipinski definition) is 2. The zero-order chi connectivity index (χ0) is 11.5. The Morgan fingerprint density at radius 2 is 2.25 bits per heavy atom. The molecule has 3 heteroatoms. The third-order valence-electron chi connectivity index (χ3n) is 3.43. The molecule has 0 amide bonds. The Morgan fingerprint density at radius 3 is 2.94 bits per heavy atom. The first-order chi connectivity index (χ1) is 7.65. The van der Waals surface area contributed by atoms with E-state index in [2.05, 4.69) is 17.2 Å². The number of nitrogens with one attached hydrogen (secondary N) is 1. The summed E-state index contributed by atoms with van der Waals surface area (Å²) in [7, 11) is 0. The first-order valence-corrected chi connectivity index (χ1v) is 6.14. The molecule has 0 spiro atoms. The number of nitrogen functional groups attached to an aromatic ring is 1. The van der Waals surface area contributed by atoms with Gasteiger partial charge in [-0.05, 0) is 31.2 Å². The van der Waals surface area contributed by atoms with Gasteiger partial charge in [-0.15, -0.1) is 0 Å². The van der Waals surface area contributed by atoms with Gasteiger partial charge in [0.1, 0.15) is 5.82 Å². The number of hydrogen-bond acceptors (Lipinski definition) is 3. The Balaban J connectivity index is 2.00. The quantitative estimate of drug-likeness (QED) is 0.804. The summed E-state index contributed by atoms with van der Waals surface area (Å²) in [6.45, 7) is 4.31. The van der Waals surface area contributed by atoms with E-state index in [-0.39, 0.29) is 0 Å². The predicted molar refractivity (Wildman–Crippen MR) is 68.4 cm³/mol. The number of nitrogens with two attached hydrogens (primary N) is 1. The molecule has 16 heavy (non-hydrogen) atoms. The van der Waals surface area contributed by atoms with Crippen LogP contribution in [0.3, 0.4) is 0 Å². The third-order valence-corrected chi connectivity index (χ3v) is 3.43. The van der Waals surface area contributed by atoms with Crippen LogP contribution in [0.4, 0.5) is 11.5 Å². The molecule has 1 aliphatic carbocycles. The Morgan fingerprint density at radius 1 is 1.44 bits per heavy atom. The van der Waals surface area contributed by atoms with Crippen LogP contribution >= 0.6 is 0 Å². The summed E-state index contributed by atoms with van der Waals surface area (Å²) >= 11 is 0. The molecule has 3 nitrogen and oxygen atoms in total. The average molecular weight is 219 g/mol. The number of rotatable bonds is 2. The summed E-state index contributed by atoms with van der Waals surface area (Å²) < 4.78 is 0. The molecule has 2 atom stereocenters. The van der Waals surface area contributed by atoms with Crippen LogP contribution in [0, 0.1) is 12.8 Å². The fourth-order valence-corrected chi connectivity index (χ4v) is 2.39. The summed E-state index contributed by atoms with van der Waals surface area (Å²) in [6.07, 6.45) is 7.01. The van der Waals surface area contributed by atoms with Gasteiger partial charge in [-0.1, -0.05) is 19.8 Å². The van der Waals surface area contributed by atoms with E-state index < -0.39 is 0 Å². The monoisotopic (exact) mass is 219 g/mol. The fraction of sp³-hybridized carbons (Fsp3) is 0.615. The lowest BCUT2D eigenvalue weighted by Gasteiger charge is -2.27. The molecule has 0 bridgehead atoms. The average Bonchev–Trinajstić information content (AvgIpc) is 2.24. The summed E-state index contributed by atoms with van der Waals surface area (Å²) in [4.78, 5) is 4.37. The van der Waals surface area contributed by atoms with Crippen molar-refractivity contribution in [3.8, 4) is 0 Å². The second-order valence-corrected chi connectivity index (χ2v) is 5.04. The fourth-order valence-electron chi connectivity index (χ4n) is 2.39. The minimum absolute atomic E-state index is 0.568. The normalized spacial score (nSPS) is 25.4.